The Kier molecular flexibility index (Phi) is 3.89. The molecule has 78 valence electrons. The highest BCUT2D eigenvalue weighted by Gasteiger charge is 2.03. The first-order valence-corrected chi connectivity index (χ1v) is 5.01. The van der Waals surface area contributed by atoms with E-state index in [1.54, 1.807) is 6.20 Å². The second-order valence-corrected chi connectivity index (χ2v) is 3.54. The summed E-state index contributed by atoms with van der Waals surface area (Å²) in [5, 5.41) is 0. The molecule has 1 heterocycles. The Hall–Kier alpha value is -1.09. The highest BCUT2D eigenvalue weighted by Crippen LogP contribution is 2.14. The molecule has 0 aliphatic carbocycles. The molecule has 3 nitrogen and oxygen atoms in total. The minimum absolute atomic E-state index is 0.0207. The van der Waals surface area contributed by atoms with E-state index >= 15 is 0 Å². The Bertz CT molecular complexity index is 269. The van der Waals surface area contributed by atoms with Gasteiger partial charge in [0.25, 0.3) is 0 Å². The Morgan fingerprint density at radius 3 is 2.57 bits per heavy atom. The number of hydrogen-bond donors (Lipinski definition) is 1. The Morgan fingerprint density at radius 2 is 2.14 bits per heavy atom. The van der Waals surface area contributed by atoms with Gasteiger partial charge in [-0.2, -0.15) is 0 Å². The van der Waals surface area contributed by atoms with Crippen molar-refractivity contribution in [2.24, 2.45) is 5.73 Å². The molecule has 0 radical (unpaired) electrons. The van der Waals surface area contributed by atoms with E-state index in [1.165, 1.54) is 0 Å². The lowest BCUT2D eigenvalue weighted by molar-refractivity contribution is 0.216. The summed E-state index contributed by atoms with van der Waals surface area (Å²) in [7, 11) is 0. The van der Waals surface area contributed by atoms with Crippen LogP contribution in [0.15, 0.2) is 18.3 Å². The van der Waals surface area contributed by atoms with Crippen molar-refractivity contribution in [3.05, 3.63) is 24.0 Å². The van der Waals surface area contributed by atoms with E-state index < -0.39 is 0 Å². The standard InChI is InChI=1S/C11H18N2O/c1-4-8(2)14-10-5-6-11(9(3)12)13-7-10/h5-9H,4,12H2,1-3H3/t8?,9-/m1/s1. The largest absolute Gasteiger partial charge is 0.489 e. The molecule has 0 bridgehead atoms. The fourth-order valence-electron chi connectivity index (χ4n) is 1.05. The minimum atomic E-state index is -0.0207. The molecule has 1 rings (SSSR count). The third-order valence-electron chi connectivity index (χ3n) is 2.14. The average molecular weight is 194 g/mol. The minimum Gasteiger partial charge on any atom is -0.489 e. The molecule has 0 saturated carbocycles. The van der Waals surface area contributed by atoms with Crippen LogP contribution in [0, 0.1) is 0 Å². The SMILES string of the molecule is CCC(C)Oc1ccc([C@@H](C)N)nc1. The number of pyridine rings is 1. The molecule has 0 aliphatic heterocycles. The molecule has 2 atom stereocenters. The summed E-state index contributed by atoms with van der Waals surface area (Å²) in [6.45, 7) is 6.05. The van der Waals surface area contributed by atoms with E-state index in [0.717, 1.165) is 17.9 Å². The van der Waals surface area contributed by atoms with Crippen LogP contribution in [-0.2, 0) is 0 Å². The van der Waals surface area contributed by atoms with E-state index in [0.29, 0.717) is 0 Å². The average Bonchev–Trinajstić information content (AvgIpc) is 2.18. The first-order chi connectivity index (χ1) is 6.63. The lowest BCUT2D eigenvalue weighted by Crippen LogP contribution is -2.11. The van der Waals surface area contributed by atoms with Gasteiger partial charge in [-0.3, -0.25) is 4.98 Å². The lowest BCUT2D eigenvalue weighted by Gasteiger charge is -2.12. The van der Waals surface area contributed by atoms with E-state index in [2.05, 4.69) is 11.9 Å². The highest BCUT2D eigenvalue weighted by atomic mass is 16.5. The monoisotopic (exact) mass is 194 g/mol. The second-order valence-electron chi connectivity index (χ2n) is 3.54. The predicted molar refractivity (Wildman–Crippen MR) is 57.2 cm³/mol. The molecule has 1 unspecified atom stereocenters. The zero-order valence-corrected chi connectivity index (χ0v) is 9.03. The van der Waals surface area contributed by atoms with Crippen molar-refractivity contribution in [3.8, 4) is 5.75 Å². The van der Waals surface area contributed by atoms with Crippen LogP contribution in [0.4, 0.5) is 0 Å². The van der Waals surface area contributed by atoms with E-state index in [1.807, 2.05) is 26.0 Å². The lowest BCUT2D eigenvalue weighted by atomic mass is 10.2. The van der Waals surface area contributed by atoms with Crippen molar-refractivity contribution in [1.29, 1.82) is 0 Å². The summed E-state index contributed by atoms with van der Waals surface area (Å²) >= 11 is 0. The normalized spacial score (nSPS) is 14.9. The maximum absolute atomic E-state index is 5.69. The molecule has 2 N–H and O–H groups in total. The van der Waals surface area contributed by atoms with Gasteiger partial charge in [0.15, 0.2) is 0 Å². The molecular weight excluding hydrogens is 176 g/mol. The van der Waals surface area contributed by atoms with Crippen LogP contribution in [0.3, 0.4) is 0 Å². The third kappa shape index (κ3) is 3.00. The van der Waals surface area contributed by atoms with Crippen molar-refractivity contribution in [2.75, 3.05) is 0 Å². The van der Waals surface area contributed by atoms with Crippen molar-refractivity contribution >= 4 is 0 Å². The zero-order chi connectivity index (χ0) is 10.6. The molecule has 0 amide bonds. The molecule has 0 saturated heterocycles. The Labute approximate surface area is 85.3 Å². The van der Waals surface area contributed by atoms with Gasteiger partial charge in [-0.05, 0) is 32.4 Å². The zero-order valence-electron chi connectivity index (χ0n) is 9.03. The Morgan fingerprint density at radius 1 is 1.43 bits per heavy atom. The number of nitrogens with two attached hydrogens (primary N) is 1. The summed E-state index contributed by atoms with van der Waals surface area (Å²) in [6.07, 6.45) is 2.96. The van der Waals surface area contributed by atoms with Crippen molar-refractivity contribution in [3.63, 3.8) is 0 Å². The fourth-order valence-corrected chi connectivity index (χ4v) is 1.05. The molecule has 3 heteroatoms. The van der Waals surface area contributed by atoms with Crippen LogP contribution in [-0.4, -0.2) is 11.1 Å². The van der Waals surface area contributed by atoms with E-state index in [4.69, 9.17) is 10.5 Å². The van der Waals surface area contributed by atoms with Gasteiger partial charge in [-0.25, -0.2) is 0 Å². The van der Waals surface area contributed by atoms with Gasteiger partial charge < -0.3 is 10.5 Å². The molecule has 0 aliphatic rings. The second kappa shape index (κ2) is 4.96. The first kappa shape index (κ1) is 11.0. The predicted octanol–water partition coefficient (Wildman–Crippen LogP) is 2.28. The Balaban J connectivity index is 2.64. The van der Waals surface area contributed by atoms with Crippen LogP contribution in [0.25, 0.3) is 0 Å². The summed E-state index contributed by atoms with van der Waals surface area (Å²) in [5.74, 6) is 0.809. The van der Waals surface area contributed by atoms with Gasteiger partial charge in [-0.1, -0.05) is 6.92 Å². The van der Waals surface area contributed by atoms with E-state index in [9.17, 15) is 0 Å². The van der Waals surface area contributed by atoms with Gasteiger partial charge in [0.05, 0.1) is 18.0 Å². The van der Waals surface area contributed by atoms with Gasteiger partial charge in [0, 0.05) is 6.04 Å². The maximum atomic E-state index is 5.69. The van der Waals surface area contributed by atoms with Crippen molar-refractivity contribution < 1.29 is 4.74 Å². The smallest absolute Gasteiger partial charge is 0.138 e. The van der Waals surface area contributed by atoms with Crippen molar-refractivity contribution in [1.82, 2.24) is 4.98 Å². The quantitative estimate of drug-likeness (QED) is 0.800. The first-order valence-electron chi connectivity index (χ1n) is 5.01. The molecular formula is C11H18N2O. The van der Waals surface area contributed by atoms with Crippen LogP contribution in [0.1, 0.15) is 38.9 Å². The molecule has 14 heavy (non-hydrogen) atoms. The van der Waals surface area contributed by atoms with Gasteiger partial charge >= 0.3 is 0 Å². The summed E-state index contributed by atoms with van der Waals surface area (Å²) in [5.41, 5.74) is 6.58. The number of aromatic nitrogens is 1. The number of ether oxygens (including phenoxy) is 1. The van der Waals surface area contributed by atoms with E-state index in [-0.39, 0.29) is 12.1 Å². The summed E-state index contributed by atoms with van der Waals surface area (Å²) in [4.78, 5) is 4.22. The molecule has 1 aromatic heterocycles. The van der Waals surface area contributed by atoms with Gasteiger partial charge in [0.2, 0.25) is 0 Å². The van der Waals surface area contributed by atoms with Crippen LogP contribution in [0.5, 0.6) is 5.75 Å². The van der Waals surface area contributed by atoms with Crippen molar-refractivity contribution in [2.45, 2.75) is 39.3 Å². The summed E-state index contributed by atoms with van der Waals surface area (Å²) in [6, 6.07) is 3.80. The topological polar surface area (TPSA) is 48.1 Å². The highest BCUT2D eigenvalue weighted by molar-refractivity contribution is 5.21. The van der Waals surface area contributed by atoms with Crippen LogP contribution < -0.4 is 10.5 Å². The number of rotatable bonds is 4. The number of nitrogens with zero attached hydrogens (tertiary/aromatic N) is 1. The molecule has 0 aromatic carbocycles. The van der Waals surface area contributed by atoms with Crippen LogP contribution >= 0.6 is 0 Å². The maximum Gasteiger partial charge on any atom is 0.138 e. The molecule has 0 spiro atoms. The summed E-state index contributed by atoms with van der Waals surface area (Å²) < 4.78 is 5.59. The molecule has 0 fully saturated rings. The third-order valence-corrected chi connectivity index (χ3v) is 2.14. The van der Waals surface area contributed by atoms with Crippen LogP contribution in [0.2, 0.25) is 0 Å². The number of hydrogen-bond acceptors (Lipinski definition) is 3. The van der Waals surface area contributed by atoms with Gasteiger partial charge in [-0.15, -0.1) is 0 Å². The fraction of sp³-hybridized carbons (Fsp3) is 0.545. The molecule has 1 aromatic rings. The van der Waals surface area contributed by atoms with Gasteiger partial charge in [0.1, 0.15) is 5.75 Å².